The third-order valence-electron chi connectivity index (χ3n) is 4.06. The minimum atomic E-state index is -0.484. The topological polar surface area (TPSA) is 55.6 Å². The molecule has 0 bridgehead atoms. The van der Waals surface area contributed by atoms with Crippen molar-refractivity contribution in [2.75, 3.05) is 26.7 Å². The van der Waals surface area contributed by atoms with Crippen molar-refractivity contribution in [3.8, 4) is 0 Å². The van der Waals surface area contributed by atoms with E-state index in [0.717, 1.165) is 44.5 Å². The van der Waals surface area contributed by atoms with Gasteiger partial charge in [0.25, 0.3) is 5.91 Å². The highest BCUT2D eigenvalue weighted by Gasteiger charge is 2.28. The molecule has 1 fully saturated rings. The fourth-order valence-electron chi connectivity index (χ4n) is 2.85. The number of hydrogen-bond donors (Lipinski definition) is 1. The first-order valence-corrected chi connectivity index (χ1v) is 7.33. The Hall–Kier alpha value is -1.39. The monoisotopic (exact) mass is 276 g/mol. The lowest BCUT2D eigenvalue weighted by Crippen LogP contribution is -2.41. The third kappa shape index (κ3) is 3.58. The summed E-state index contributed by atoms with van der Waals surface area (Å²) in [5.41, 5.74) is 6.52. The third-order valence-corrected chi connectivity index (χ3v) is 4.06. The second-order valence-corrected chi connectivity index (χ2v) is 5.37. The van der Waals surface area contributed by atoms with Crippen molar-refractivity contribution >= 4 is 5.91 Å². The molecule has 1 aromatic carbocycles. The highest BCUT2D eigenvalue weighted by Crippen LogP contribution is 2.24. The molecule has 2 N–H and O–H groups in total. The summed E-state index contributed by atoms with van der Waals surface area (Å²) in [6.07, 6.45) is 2.68. The Morgan fingerprint density at radius 3 is 2.55 bits per heavy atom. The van der Waals surface area contributed by atoms with Gasteiger partial charge in [-0.1, -0.05) is 30.3 Å². The minimum absolute atomic E-state index is 0.0740. The molecule has 1 saturated heterocycles. The Bertz CT molecular complexity index is 414. The summed E-state index contributed by atoms with van der Waals surface area (Å²) in [7, 11) is 1.59. The predicted molar refractivity (Wildman–Crippen MR) is 79.2 cm³/mol. The molecular weight excluding hydrogens is 252 g/mol. The second-order valence-electron chi connectivity index (χ2n) is 5.37. The maximum atomic E-state index is 12.6. The molecule has 1 amide bonds. The number of carbonyl (C=O) groups is 1. The van der Waals surface area contributed by atoms with E-state index in [2.05, 4.69) is 0 Å². The number of carbonyl (C=O) groups excluding carboxylic acids is 1. The zero-order valence-electron chi connectivity index (χ0n) is 12.1. The van der Waals surface area contributed by atoms with Gasteiger partial charge >= 0.3 is 0 Å². The summed E-state index contributed by atoms with van der Waals surface area (Å²) in [4.78, 5) is 14.5. The molecule has 1 atom stereocenters. The van der Waals surface area contributed by atoms with Gasteiger partial charge in [-0.15, -0.1) is 0 Å². The van der Waals surface area contributed by atoms with E-state index in [1.165, 1.54) is 0 Å². The summed E-state index contributed by atoms with van der Waals surface area (Å²) in [6, 6.07) is 9.68. The van der Waals surface area contributed by atoms with Gasteiger partial charge in [0.2, 0.25) is 0 Å². The number of likely N-dealkylation sites (tertiary alicyclic amines) is 1. The molecule has 1 heterocycles. The van der Waals surface area contributed by atoms with Gasteiger partial charge in [0.1, 0.15) is 0 Å². The van der Waals surface area contributed by atoms with E-state index < -0.39 is 6.10 Å². The summed E-state index contributed by atoms with van der Waals surface area (Å²) in [6.45, 7) is 2.37. The van der Waals surface area contributed by atoms with Crippen LogP contribution in [0.25, 0.3) is 0 Å². The van der Waals surface area contributed by atoms with Crippen LogP contribution < -0.4 is 5.73 Å². The smallest absolute Gasteiger partial charge is 0.256 e. The predicted octanol–water partition coefficient (Wildman–Crippen LogP) is 1.96. The van der Waals surface area contributed by atoms with Crippen LogP contribution in [-0.4, -0.2) is 37.6 Å². The van der Waals surface area contributed by atoms with Gasteiger partial charge in [-0.25, -0.2) is 0 Å². The average Bonchev–Trinajstić information content (AvgIpc) is 2.50. The lowest BCUT2D eigenvalue weighted by Gasteiger charge is -2.34. The van der Waals surface area contributed by atoms with Crippen LogP contribution in [0.3, 0.4) is 0 Å². The van der Waals surface area contributed by atoms with Crippen molar-refractivity contribution in [1.29, 1.82) is 0 Å². The largest absolute Gasteiger partial charge is 0.367 e. The number of piperidine rings is 1. The Kier molecular flexibility index (Phi) is 5.56. The molecule has 1 aliphatic heterocycles. The minimum Gasteiger partial charge on any atom is -0.367 e. The van der Waals surface area contributed by atoms with Crippen molar-refractivity contribution in [1.82, 2.24) is 4.90 Å². The van der Waals surface area contributed by atoms with Gasteiger partial charge in [-0.2, -0.15) is 0 Å². The first-order chi connectivity index (χ1) is 9.76. The number of rotatable bonds is 5. The highest BCUT2D eigenvalue weighted by atomic mass is 16.5. The first kappa shape index (κ1) is 15.0. The maximum Gasteiger partial charge on any atom is 0.256 e. The van der Waals surface area contributed by atoms with Crippen molar-refractivity contribution in [3.05, 3.63) is 35.9 Å². The Morgan fingerprint density at radius 1 is 1.35 bits per heavy atom. The van der Waals surface area contributed by atoms with Crippen LogP contribution in [0.4, 0.5) is 0 Å². The lowest BCUT2D eigenvalue weighted by atomic mass is 9.93. The van der Waals surface area contributed by atoms with E-state index in [9.17, 15) is 4.79 Å². The molecule has 20 heavy (non-hydrogen) atoms. The molecule has 2 rings (SSSR count). The van der Waals surface area contributed by atoms with Crippen LogP contribution in [0.15, 0.2) is 30.3 Å². The van der Waals surface area contributed by atoms with Gasteiger partial charge in [0.15, 0.2) is 6.10 Å². The molecule has 1 aliphatic rings. The van der Waals surface area contributed by atoms with Crippen LogP contribution in [0, 0.1) is 5.92 Å². The molecule has 0 aromatic heterocycles. The number of amides is 1. The highest BCUT2D eigenvalue weighted by molar-refractivity contribution is 5.82. The average molecular weight is 276 g/mol. The van der Waals surface area contributed by atoms with Crippen LogP contribution >= 0.6 is 0 Å². The number of methoxy groups -OCH3 is 1. The molecule has 1 aromatic rings. The van der Waals surface area contributed by atoms with E-state index >= 15 is 0 Å². The van der Waals surface area contributed by atoms with Gasteiger partial charge in [0.05, 0.1) is 0 Å². The fourth-order valence-corrected chi connectivity index (χ4v) is 2.85. The van der Waals surface area contributed by atoms with Crippen LogP contribution in [-0.2, 0) is 9.53 Å². The molecule has 4 nitrogen and oxygen atoms in total. The lowest BCUT2D eigenvalue weighted by molar-refractivity contribution is -0.143. The summed E-state index contributed by atoms with van der Waals surface area (Å²) in [5, 5.41) is 0. The van der Waals surface area contributed by atoms with Crippen LogP contribution in [0.2, 0.25) is 0 Å². The normalized spacial score (nSPS) is 18.0. The Balaban J connectivity index is 1.97. The second kappa shape index (κ2) is 7.41. The van der Waals surface area contributed by atoms with Crippen LogP contribution in [0.5, 0.6) is 0 Å². The van der Waals surface area contributed by atoms with Crippen molar-refractivity contribution in [3.63, 3.8) is 0 Å². The fraction of sp³-hybridized carbons (Fsp3) is 0.562. The van der Waals surface area contributed by atoms with Gasteiger partial charge < -0.3 is 15.4 Å². The van der Waals surface area contributed by atoms with Crippen LogP contribution in [0.1, 0.15) is 30.9 Å². The van der Waals surface area contributed by atoms with E-state index in [1.54, 1.807) is 7.11 Å². The van der Waals surface area contributed by atoms with Crippen molar-refractivity contribution in [2.45, 2.75) is 25.4 Å². The van der Waals surface area contributed by atoms with E-state index in [-0.39, 0.29) is 5.91 Å². The maximum absolute atomic E-state index is 12.6. The standard InChI is InChI=1S/C16H24N2O2/c1-20-15(14-5-3-2-4-6-14)16(19)18-11-8-13(7-10-17)9-12-18/h2-6,13,15H,7-12,17H2,1H3. The quantitative estimate of drug-likeness (QED) is 0.894. The zero-order valence-corrected chi connectivity index (χ0v) is 12.1. The number of hydrogen-bond acceptors (Lipinski definition) is 3. The SMILES string of the molecule is COC(C(=O)N1CCC(CCN)CC1)c1ccccc1. The molecule has 0 aliphatic carbocycles. The Morgan fingerprint density at radius 2 is 2.00 bits per heavy atom. The molecule has 0 spiro atoms. The number of nitrogens with two attached hydrogens (primary N) is 1. The molecule has 110 valence electrons. The summed E-state index contributed by atoms with van der Waals surface area (Å²) >= 11 is 0. The zero-order chi connectivity index (χ0) is 14.4. The molecule has 4 heteroatoms. The van der Waals surface area contributed by atoms with Gasteiger partial charge in [-0.3, -0.25) is 4.79 Å². The summed E-state index contributed by atoms with van der Waals surface area (Å²) in [5.74, 6) is 0.742. The van der Waals surface area contributed by atoms with E-state index in [4.69, 9.17) is 10.5 Å². The van der Waals surface area contributed by atoms with Gasteiger partial charge in [0, 0.05) is 20.2 Å². The molecule has 1 unspecified atom stereocenters. The molecular formula is C16H24N2O2. The van der Waals surface area contributed by atoms with Gasteiger partial charge in [-0.05, 0) is 37.3 Å². The first-order valence-electron chi connectivity index (χ1n) is 7.33. The number of benzene rings is 1. The summed E-state index contributed by atoms with van der Waals surface area (Å²) < 4.78 is 5.41. The number of nitrogens with zero attached hydrogens (tertiary/aromatic N) is 1. The number of ether oxygens (including phenoxy) is 1. The van der Waals surface area contributed by atoms with Crippen molar-refractivity contribution < 1.29 is 9.53 Å². The van der Waals surface area contributed by atoms with Crippen molar-refractivity contribution in [2.24, 2.45) is 11.7 Å². The Labute approximate surface area is 120 Å². The molecule has 0 radical (unpaired) electrons. The van der Waals surface area contributed by atoms with E-state index in [0.29, 0.717) is 5.92 Å². The van der Waals surface area contributed by atoms with E-state index in [1.807, 2.05) is 35.2 Å². The molecule has 0 saturated carbocycles.